The Morgan fingerprint density at radius 1 is 1.14 bits per heavy atom. The Kier molecular flexibility index (Phi) is 3.94. The number of hydrogen-bond acceptors (Lipinski definition) is 2. The van der Waals surface area contributed by atoms with Gasteiger partial charge >= 0.3 is 0 Å². The van der Waals surface area contributed by atoms with Gasteiger partial charge in [0.2, 0.25) is 5.91 Å². The monoisotopic (exact) mass is 298 g/mol. The van der Waals surface area contributed by atoms with E-state index in [-0.39, 0.29) is 11.7 Å². The first-order valence-electron chi connectivity index (χ1n) is 7.50. The molecule has 4 heteroatoms. The smallest absolute Gasteiger partial charge is 0.238 e. The molecule has 0 aromatic heterocycles. The Balaban J connectivity index is 2.02. The van der Waals surface area contributed by atoms with Crippen LogP contribution in [0, 0.1) is 5.82 Å². The van der Waals surface area contributed by atoms with E-state index < -0.39 is 5.54 Å². The third kappa shape index (κ3) is 2.62. The second kappa shape index (κ2) is 5.89. The lowest BCUT2D eigenvalue weighted by molar-refractivity contribution is -0.123. The van der Waals surface area contributed by atoms with Crippen LogP contribution in [0.15, 0.2) is 48.5 Å². The van der Waals surface area contributed by atoms with Crippen molar-refractivity contribution in [3.05, 3.63) is 59.9 Å². The number of carbonyl (C=O) groups is 1. The van der Waals surface area contributed by atoms with E-state index >= 15 is 0 Å². The number of carbonyl (C=O) groups excluding carboxylic acids is 1. The zero-order valence-electron chi connectivity index (χ0n) is 12.3. The molecule has 1 atom stereocenters. The van der Waals surface area contributed by atoms with Gasteiger partial charge in [0.1, 0.15) is 11.4 Å². The van der Waals surface area contributed by atoms with E-state index in [9.17, 15) is 9.18 Å². The molecule has 1 fully saturated rings. The Labute approximate surface area is 129 Å². The van der Waals surface area contributed by atoms with Crippen molar-refractivity contribution in [2.75, 3.05) is 6.54 Å². The summed E-state index contributed by atoms with van der Waals surface area (Å²) >= 11 is 0. The van der Waals surface area contributed by atoms with E-state index in [0.29, 0.717) is 18.4 Å². The van der Waals surface area contributed by atoms with Crippen LogP contribution in [-0.2, 0) is 11.2 Å². The van der Waals surface area contributed by atoms with Crippen molar-refractivity contribution >= 4 is 5.91 Å². The van der Waals surface area contributed by atoms with Crippen LogP contribution in [-0.4, -0.2) is 18.0 Å². The highest BCUT2D eigenvalue weighted by Gasteiger charge is 2.39. The van der Waals surface area contributed by atoms with Crippen LogP contribution in [0.5, 0.6) is 0 Å². The summed E-state index contributed by atoms with van der Waals surface area (Å²) in [5, 5.41) is 3.24. The number of nitrogens with one attached hydrogen (secondary N) is 1. The molecule has 0 spiro atoms. The Hall–Kier alpha value is -2.20. The van der Waals surface area contributed by atoms with Crippen LogP contribution >= 0.6 is 0 Å². The number of rotatable bonds is 4. The van der Waals surface area contributed by atoms with Gasteiger partial charge in [-0.25, -0.2) is 4.39 Å². The summed E-state index contributed by atoms with van der Waals surface area (Å²) in [6.45, 7) is 0.783. The molecular weight excluding hydrogens is 279 g/mol. The van der Waals surface area contributed by atoms with Crippen molar-refractivity contribution < 1.29 is 9.18 Å². The maximum Gasteiger partial charge on any atom is 0.238 e. The Morgan fingerprint density at radius 2 is 1.82 bits per heavy atom. The Bertz CT molecular complexity index is 693. The van der Waals surface area contributed by atoms with Crippen LogP contribution in [0.4, 0.5) is 4.39 Å². The van der Waals surface area contributed by atoms with Crippen LogP contribution in [0.25, 0.3) is 11.1 Å². The topological polar surface area (TPSA) is 55.1 Å². The van der Waals surface area contributed by atoms with Gasteiger partial charge < -0.3 is 11.1 Å². The minimum atomic E-state index is -0.721. The maximum absolute atomic E-state index is 14.1. The van der Waals surface area contributed by atoms with Crippen LogP contribution in [0.3, 0.4) is 0 Å². The molecule has 3 rings (SSSR count). The number of hydrogen-bond donors (Lipinski definition) is 2. The van der Waals surface area contributed by atoms with E-state index in [4.69, 9.17) is 5.73 Å². The lowest BCUT2D eigenvalue weighted by Crippen LogP contribution is -2.53. The van der Waals surface area contributed by atoms with Crippen molar-refractivity contribution in [3.63, 3.8) is 0 Å². The first-order chi connectivity index (χ1) is 10.6. The number of nitrogens with two attached hydrogens (primary N) is 1. The average Bonchev–Trinajstić information content (AvgIpc) is 2.99. The molecule has 1 aliphatic heterocycles. The van der Waals surface area contributed by atoms with E-state index in [1.54, 1.807) is 12.1 Å². The van der Waals surface area contributed by atoms with Gasteiger partial charge in [-0.3, -0.25) is 4.79 Å². The molecule has 1 heterocycles. The molecule has 1 aliphatic rings. The van der Waals surface area contributed by atoms with Gasteiger partial charge in [-0.1, -0.05) is 42.5 Å². The molecule has 0 saturated carbocycles. The summed E-state index contributed by atoms with van der Waals surface area (Å²) in [5.74, 6) is -0.601. The largest absolute Gasteiger partial charge is 0.368 e. The minimum Gasteiger partial charge on any atom is -0.368 e. The lowest BCUT2D eigenvalue weighted by atomic mass is 9.85. The van der Waals surface area contributed by atoms with Crippen LogP contribution < -0.4 is 11.1 Å². The number of amides is 1. The highest BCUT2D eigenvalue weighted by molar-refractivity contribution is 5.86. The van der Waals surface area contributed by atoms with Gasteiger partial charge in [-0.15, -0.1) is 0 Å². The SMILES string of the molecule is NC(=O)C1(Cc2ccccc2-c2ccccc2F)CCCN1. The first-order valence-corrected chi connectivity index (χ1v) is 7.50. The summed E-state index contributed by atoms with van der Waals surface area (Å²) in [6, 6.07) is 14.3. The fourth-order valence-electron chi connectivity index (χ4n) is 3.20. The average molecular weight is 298 g/mol. The predicted molar refractivity (Wildman–Crippen MR) is 84.7 cm³/mol. The molecule has 0 radical (unpaired) electrons. The number of halogens is 1. The predicted octanol–water partition coefficient (Wildman–Crippen LogP) is 2.64. The molecule has 2 aromatic carbocycles. The molecule has 2 aromatic rings. The van der Waals surface area contributed by atoms with E-state index in [1.165, 1.54) is 6.07 Å². The fraction of sp³-hybridized carbons (Fsp3) is 0.278. The highest BCUT2D eigenvalue weighted by atomic mass is 19.1. The molecule has 1 saturated heterocycles. The standard InChI is InChI=1S/C18H19FN2O/c19-16-9-4-3-8-15(16)14-7-2-1-6-13(14)12-18(17(20)22)10-5-11-21-18/h1-4,6-9,21H,5,10-12H2,(H2,20,22). The zero-order valence-corrected chi connectivity index (χ0v) is 12.3. The van der Waals surface area contributed by atoms with Gasteiger partial charge in [0, 0.05) is 12.0 Å². The van der Waals surface area contributed by atoms with Crippen molar-refractivity contribution in [1.82, 2.24) is 5.32 Å². The zero-order chi connectivity index (χ0) is 15.6. The second-order valence-electron chi connectivity index (χ2n) is 5.79. The second-order valence-corrected chi connectivity index (χ2v) is 5.79. The summed E-state index contributed by atoms with van der Waals surface area (Å²) in [7, 11) is 0. The van der Waals surface area contributed by atoms with Crippen molar-refractivity contribution in [2.45, 2.75) is 24.8 Å². The van der Waals surface area contributed by atoms with Crippen molar-refractivity contribution in [3.8, 4) is 11.1 Å². The summed E-state index contributed by atoms with van der Waals surface area (Å²) in [5.41, 5.74) is 7.20. The van der Waals surface area contributed by atoms with Gasteiger partial charge in [-0.2, -0.15) is 0 Å². The molecule has 0 bridgehead atoms. The van der Waals surface area contributed by atoms with E-state index in [1.807, 2.05) is 30.3 Å². The molecule has 1 unspecified atom stereocenters. The quantitative estimate of drug-likeness (QED) is 0.911. The van der Waals surface area contributed by atoms with Crippen molar-refractivity contribution in [2.24, 2.45) is 5.73 Å². The van der Waals surface area contributed by atoms with Gasteiger partial charge in [-0.05, 0) is 36.6 Å². The summed E-state index contributed by atoms with van der Waals surface area (Å²) < 4.78 is 14.1. The molecular formula is C18H19FN2O. The molecule has 3 N–H and O–H groups in total. The molecule has 1 amide bonds. The third-order valence-electron chi connectivity index (χ3n) is 4.39. The minimum absolute atomic E-state index is 0.262. The maximum atomic E-state index is 14.1. The normalized spacial score (nSPS) is 21.0. The van der Waals surface area contributed by atoms with Gasteiger partial charge in [0.05, 0.1) is 0 Å². The van der Waals surface area contributed by atoms with Crippen LogP contribution in [0.1, 0.15) is 18.4 Å². The molecule has 3 nitrogen and oxygen atoms in total. The van der Waals surface area contributed by atoms with E-state index in [0.717, 1.165) is 24.1 Å². The molecule has 22 heavy (non-hydrogen) atoms. The van der Waals surface area contributed by atoms with E-state index in [2.05, 4.69) is 5.32 Å². The van der Waals surface area contributed by atoms with Gasteiger partial charge in [0.15, 0.2) is 0 Å². The molecule has 114 valence electrons. The summed E-state index contributed by atoms with van der Waals surface area (Å²) in [6.07, 6.45) is 2.12. The highest BCUT2D eigenvalue weighted by Crippen LogP contribution is 2.31. The third-order valence-corrected chi connectivity index (χ3v) is 4.39. The Morgan fingerprint density at radius 3 is 2.45 bits per heavy atom. The fourth-order valence-corrected chi connectivity index (χ4v) is 3.20. The van der Waals surface area contributed by atoms with Crippen molar-refractivity contribution in [1.29, 1.82) is 0 Å². The molecule has 0 aliphatic carbocycles. The van der Waals surface area contributed by atoms with Gasteiger partial charge in [0.25, 0.3) is 0 Å². The first kappa shape index (κ1) is 14.7. The number of primary amides is 1. The van der Waals surface area contributed by atoms with Crippen LogP contribution in [0.2, 0.25) is 0 Å². The number of benzene rings is 2. The lowest BCUT2D eigenvalue weighted by Gasteiger charge is -2.27. The summed E-state index contributed by atoms with van der Waals surface area (Å²) in [4.78, 5) is 11.9.